The Morgan fingerprint density at radius 1 is 1.11 bits per heavy atom. The molecule has 1 aromatic heterocycles. The van der Waals surface area contributed by atoms with Gasteiger partial charge in [0.25, 0.3) is 0 Å². The zero-order chi connectivity index (χ0) is 13.0. The number of nitrogens with zero attached hydrogens (tertiary/aromatic N) is 2. The molecule has 0 fully saturated rings. The summed E-state index contributed by atoms with van der Waals surface area (Å²) in [7, 11) is 0. The zero-order valence-electron chi connectivity index (χ0n) is 9.64. The molecule has 0 aliphatic rings. The number of carbonyl (C=O) groups excluding carboxylic acids is 1. The largest absolute Gasteiger partial charge is 0.338 e. The number of rotatable bonds is 3. The number of anilines is 3. The fraction of sp³-hybridized carbons (Fsp3) is 0.0833. The van der Waals surface area contributed by atoms with E-state index < -0.39 is 0 Å². The van der Waals surface area contributed by atoms with Gasteiger partial charge in [-0.25, -0.2) is 0 Å². The molecule has 5 nitrogen and oxygen atoms in total. The number of para-hydroxylation sites is 1. The van der Waals surface area contributed by atoms with Crippen LogP contribution in [0, 0.1) is 0 Å². The van der Waals surface area contributed by atoms with E-state index in [1.165, 1.54) is 6.92 Å². The molecule has 1 amide bonds. The van der Waals surface area contributed by atoms with Gasteiger partial charge in [-0.3, -0.25) is 4.79 Å². The van der Waals surface area contributed by atoms with Crippen LogP contribution in [0.1, 0.15) is 6.92 Å². The predicted octanol–water partition coefficient (Wildman–Crippen LogP) is 2.83. The monoisotopic (exact) mass is 262 g/mol. The average molecular weight is 263 g/mol. The van der Waals surface area contributed by atoms with Gasteiger partial charge in [-0.15, -0.1) is 10.2 Å². The summed E-state index contributed by atoms with van der Waals surface area (Å²) in [6.07, 6.45) is 0. The second-order valence-corrected chi connectivity index (χ2v) is 4.00. The van der Waals surface area contributed by atoms with Crippen LogP contribution in [0.2, 0.25) is 5.02 Å². The summed E-state index contributed by atoms with van der Waals surface area (Å²) in [4.78, 5) is 10.8. The first-order chi connectivity index (χ1) is 8.65. The maximum Gasteiger partial charge on any atom is 0.222 e. The van der Waals surface area contributed by atoms with Crippen molar-refractivity contribution in [3.05, 3.63) is 41.4 Å². The maximum atomic E-state index is 10.8. The Labute approximate surface area is 109 Å². The van der Waals surface area contributed by atoms with Crippen LogP contribution >= 0.6 is 11.6 Å². The topological polar surface area (TPSA) is 66.9 Å². The van der Waals surface area contributed by atoms with Gasteiger partial charge in [0.05, 0.1) is 10.7 Å². The van der Waals surface area contributed by atoms with Crippen molar-refractivity contribution in [2.24, 2.45) is 0 Å². The Balaban J connectivity index is 2.11. The highest BCUT2D eigenvalue weighted by Crippen LogP contribution is 2.23. The first kappa shape index (κ1) is 12.3. The summed E-state index contributed by atoms with van der Waals surface area (Å²) in [6, 6.07) is 10.7. The van der Waals surface area contributed by atoms with E-state index in [4.69, 9.17) is 11.6 Å². The molecule has 0 radical (unpaired) electrons. The van der Waals surface area contributed by atoms with Gasteiger partial charge in [0.2, 0.25) is 5.91 Å². The van der Waals surface area contributed by atoms with Gasteiger partial charge in [0.1, 0.15) is 0 Å². The van der Waals surface area contributed by atoms with Gasteiger partial charge in [-0.05, 0) is 24.3 Å². The van der Waals surface area contributed by atoms with Crippen LogP contribution in [0.5, 0.6) is 0 Å². The first-order valence-electron chi connectivity index (χ1n) is 5.28. The van der Waals surface area contributed by atoms with Crippen molar-refractivity contribution in [2.75, 3.05) is 10.6 Å². The third-order valence-corrected chi connectivity index (χ3v) is 2.43. The number of hydrogen-bond acceptors (Lipinski definition) is 4. The molecule has 92 valence electrons. The second kappa shape index (κ2) is 5.46. The van der Waals surface area contributed by atoms with Gasteiger partial charge >= 0.3 is 0 Å². The minimum Gasteiger partial charge on any atom is -0.338 e. The Kier molecular flexibility index (Phi) is 3.74. The summed E-state index contributed by atoms with van der Waals surface area (Å²) < 4.78 is 0. The Morgan fingerprint density at radius 2 is 1.78 bits per heavy atom. The first-order valence-corrected chi connectivity index (χ1v) is 5.66. The number of carbonyl (C=O) groups is 1. The number of nitrogens with one attached hydrogen (secondary N) is 2. The van der Waals surface area contributed by atoms with Crippen LogP contribution in [-0.2, 0) is 4.79 Å². The highest BCUT2D eigenvalue weighted by atomic mass is 35.5. The standard InChI is InChI=1S/C12H11ClN4O/c1-8(18)14-11-6-7-12(17-16-11)15-10-5-3-2-4-9(10)13/h2-7H,1H3,(H,15,17)(H,14,16,18). The molecule has 6 heteroatoms. The molecule has 1 aromatic carbocycles. The molecule has 1 heterocycles. The lowest BCUT2D eigenvalue weighted by atomic mass is 10.3. The minimum atomic E-state index is -0.184. The van der Waals surface area contributed by atoms with Crippen molar-refractivity contribution in [3.63, 3.8) is 0 Å². The molecular weight excluding hydrogens is 252 g/mol. The average Bonchev–Trinajstić information content (AvgIpc) is 2.34. The molecular formula is C12H11ClN4O. The highest BCUT2D eigenvalue weighted by molar-refractivity contribution is 6.33. The molecule has 0 saturated heterocycles. The van der Waals surface area contributed by atoms with Crippen LogP contribution in [0.25, 0.3) is 0 Å². The van der Waals surface area contributed by atoms with Crippen molar-refractivity contribution in [2.45, 2.75) is 6.92 Å². The van der Waals surface area contributed by atoms with E-state index in [0.29, 0.717) is 16.7 Å². The quantitative estimate of drug-likeness (QED) is 0.893. The van der Waals surface area contributed by atoms with Gasteiger partial charge in [-0.2, -0.15) is 0 Å². The van der Waals surface area contributed by atoms with E-state index in [-0.39, 0.29) is 5.91 Å². The van der Waals surface area contributed by atoms with Crippen molar-refractivity contribution in [3.8, 4) is 0 Å². The molecule has 0 bridgehead atoms. The molecule has 2 aromatic rings. The molecule has 0 aliphatic carbocycles. The summed E-state index contributed by atoms with van der Waals surface area (Å²) >= 11 is 6.01. The van der Waals surface area contributed by atoms with Gasteiger partial charge in [0, 0.05) is 6.92 Å². The lowest BCUT2D eigenvalue weighted by Crippen LogP contribution is -2.08. The number of halogens is 1. The number of aromatic nitrogens is 2. The van der Waals surface area contributed by atoms with Crippen molar-refractivity contribution in [1.82, 2.24) is 10.2 Å². The Hall–Kier alpha value is -2.14. The van der Waals surface area contributed by atoms with Crippen molar-refractivity contribution in [1.29, 1.82) is 0 Å². The Morgan fingerprint density at radius 3 is 2.39 bits per heavy atom. The van der Waals surface area contributed by atoms with Crippen molar-refractivity contribution >= 4 is 34.8 Å². The van der Waals surface area contributed by atoms with Crippen LogP contribution in [0.15, 0.2) is 36.4 Å². The molecule has 0 aliphatic heterocycles. The van der Waals surface area contributed by atoms with E-state index >= 15 is 0 Å². The number of benzene rings is 1. The molecule has 0 atom stereocenters. The normalized spacial score (nSPS) is 9.89. The summed E-state index contributed by atoms with van der Waals surface area (Å²) in [5, 5.41) is 14.0. The fourth-order valence-corrected chi connectivity index (χ4v) is 1.53. The van der Waals surface area contributed by atoms with E-state index in [0.717, 1.165) is 5.69 Å². The third-order valence-electron chi connectivity index (χ3n) is 2.11. The smallest absolute Gasteiger partial charge is 0.222 e. The van der Waals surface area contributed by atoms with Gasteiger partial charge < -0.3 is 10.6 Å². The second-order valence-electron chi connectivity index (χ2n) is 3.59. The lowest BCUT2D eigenvalue weighted by Gasteiger charge is -2.07. The number of hydrogen-bond donors (Lipinski definition) is 2. The van der Waals surface area contributed by atoms with Crippen LogP contribution in [0.3, 0.4) is 0 Å². The maximum absolute atomic E-state index is 10.8. The summed E-state index contributed by atoms with van der Waals surface area (Å²) in [5.74, 6) is 0.778. The fourth-order valence-electron chi connectivity index (χ4n) is 1.35. The lowest BCUT2D eigenvalue weighted by molar-refractivity contribution is -0.114. The molecule has 2 N–H and O–H groups in total. The Bertz CT molecular complexity index is 556. The van der Waals surface area contributed by atoms with Crippen LogP contribution < -0.4 is 10.6 Å². The summed E-state index contributed by atoms with van der Waals surface area (Å²) in [6.45, 7) is 1.41. The van der Waals surface area contributed by atoms with Crippen molar-refractivity contribution < 1.29 is 4.79 Å². The van der Waals surface area contributed by atoms with E-state index in [1.807, 2.05) is 18.2 Å². The van der Waals surface area contributed by atoms with Gasteiger partial charge in [0.15, 0.2) is 11.6 Å². The van der Waals surface area contributed by atoms with E-state index in [1.54, 1.807) is 18.2 Å². The molecule has 0 spiro atoms. The predicted molar refractivity (Wildman–Crippen MR) is 71.1 cm³/mol. The third kappa shape index (κ3) is 3.18. The highest BCUT2D eigenvalue weighted by Gasteiger charge is 2.02. The molecule has 2 rings (SSSR count). The van der Waals surface area contributed by atoms with E-state index in [2.05, 4.69) is 20.8 Å². The van der Waals surface area contributed by atoms with Gasteiger partial charge in [-0.1, -0.05) is 23.7 Å². The molecule has 18 heavy (non-hydrogen) atoms. The molecule has 0 saturated carbocycles. The SMILES string of the molecule is CC(=O)Nc1ccc(Nc2ccccc2Cl)nn1. The zero-order valence-corrected chi connectivity index (χ0v) is 10.4. The van der Waals surface area contributed by atoms with Crippen LogP contribution in [0.4, 0.5) is 17.3 Å². The van der Waals surface area contributed by atoms with E-state index in [9.17, 15) is 4.79 Å². The molecule has 0 unspecified atom stereocenters. The van der Waals surface area contributed by atoms with Crippen LogP contribution in [-0.4, -0.2) is 16.1 Å². The minimum absolute atomic E-state index is 0.184. The summed E-state index contributed by atoms with van der Waals surface area (Å²) in [5.41, 5.74) is 0.751. The number of amides is 1.